The quantitative estimate of drug-likeness (QED) is 0.619. The van der Waals surface area contributed by atoms with E-state index >= 15 is 0 Å². The Morgan fingerprint density at radius 3 is 2.25 bits per heavy atom. The van der Waals surface area contributed by atoms with Gasteiger partial charge in [0.1, 0.15) is 5.60 Å². The summed E-state index contributed by atoms with van der Waals surface area (Å²) in [7, 11) is 0. The van der Waals surface area contributed by atoms with E-state index in [0.717, 1.165) is 10.6 Å². The highest BCUT2D eigenvalue weighted by atomic mass is 32.1. The number of aromatic nitrogens is 1. The number of pyridine rings is 1. The molecular weight excluding hydrogens is 374 g/mol. The Labute approximate surface area is 167 Å². The lowest BCUT2D eigenvalue weighted by atomic mass is 10.2. The van der Waals surface area contributed by atoms with Crippen LogP contribution in [0.2, 0.25) is 0 Å². The second-order valence-corrected chi connectivity index (χ2v) is 8.09. The summed E-state index contributed by atoms with van der Waals surface area (Å²) in [5.41, 5.74) is 1.16. The molecule has 0 saturated heterocycles. The number of nitrogens with zero attached hydrogens (tertiary/aromatic N) is 1. The molecule has 2 aromatic heterocycles. The van der Waals surface area contributed by atoms with Crippen molar-refractivity contribution in [3.63, 3.8) is 0 Å². The Bertz CT molecular complexity index is 978. The number of carbonyl (C=O) groups is 2. The van der Waals surface area contributed by atoms with Crippen LogP contribution < -0.4 is 10.6 Å². The Hall–Kier alpha value is -3.19. The molecule has 0 fully saturated rings. The van der Waals surface area contributed by atoms with Gasteiger partial charge in [-0.05, 0) is 57.2 Å². The number of hydrogen-bond acceptors (Lipinski definition) is 5. The number of ether oxygens (including phenoxy) is 1. The Morgan fingerprint density at radius 1 is 0.929 bits per heavy atom. The van der Waals surface area contributed by atoms with E-state index in [9.17, 15) is 9.59 Å². The summed E-state index contributed by atoms with van der Waals surface area (Å²) < 4.78 is 5.27. The number of hydrogen-bond donors (Lipinski definition) is 2. The molecule has 0 spiro atoms. The highest BCUT2D eigenvalue weighted by Crippen LogP contribution is 2.28. The van der Waals surface area contributed by atoms with E-state index in [1.54, 1.807) is 57.3 Å². The minimum atomic E-state index is -0.610. The van der Waals surface area contributed by atoms with Crippen LogP contribution in [0.15, 0.2) is 60.8 Å². The summed E-state index contributed by atoms with van der Waals surface area (Å²) in [5.74, 6) is -0.259. The van der Waals surface area contributed by atoms with Crippen molar-refractivity contribution < 1.29 is 14.3 Å². The fourth-order valence-electron chi connectivity index (χ4n) is 2.40. The summed E-state index contributed by atoms with van der Waals surface area (Å²) >= 11 is 1.35. The van der Waals surface area contributed by atoms with Gasteiger partial charge in [0.2, 0.25) is 0 Å². The zero-order valence-electron chi connectivity index (χ0n) is 15.9. The van der Waals surface area contributed by atoms with E-state index in [4.69, 9.17) is 4.74 Å². The van der Waals surface area contributed by atoms with Crippen molar-refractivity contribution in [2.45, 2.75) is 26.4 Å². The molecule has 28 heavy (non-hydrogen) atoms. The number of carbonyl (C=O) groups excluding carboxylic acids is 2. The molecule has 0 saturated carbocycles. The number of thiophene rings is 1. The highest BCUT2D eigenvalue weighted by molar-refractivity contribution is 7.17. The first kappa shape index (κ1) is 19.6. The molecule has 3 rings (SSSR count). The number of nitrogens with one attached hydrogen (secondary N) is 2. The van der Waals surface area contributed by atoms with E-state index in [1.807, 2.05) is 24.3 Å². The van der Waals surface area contributed by atoms with Crippen molar-refractivity contribution in [2.24, 2.45) is 0 Å². The van der Waals surface area contributed by atoms with Gasteiger partial charge in [0.15, 0.2) is 0 Å². The van der Waals surface area contributed by atoms with Gasteiger partial charge < -0.3 is 10.1 Å². The molecule has 2 amide bonds. The smallest absolute Gasteiger partial charge is 0.412 e. The zero-order chi connectivity index (χ0) is 20.1. The third-order valence-electron chi connectivity index (χ3n) is 3.56. The van der Waals surface area contributed by atoms with Crippen molar-refractivity contribution in [3.8, 4) is 10.6 Å². The van der Waals surface area contributed by atoms with Crippen LogP contribution in [0, 0.1) is 0 Å². The van der Waals surface area contributed by atoms with Crippen LogP contribution in [0.1, 0.15) is 30.4 Å². The summed E-state index contributed by atoms with van der Waals surface area (Å²) in [6.45, 7) is 5.36. The molecule has 1 aromatic carbocycles. The second-order valence-electron chi connectivity index (χ2n) is 7.01. The van der Waals surface area contributed by atoms with E-state index < -0.39 is 11.7 Å². The fraction of sp³-hybridized carbons (Fsp3) is 0.190. The monoisotopic (exact) mass is 395 g/mol. The van der Waals surface area contributed by atoms with E-state index in [0.29, 0.717) is 16.3 Å². The van der Waals surface area contributed by atoms with Crippen molar-refractivity contribution in [1.29, 1.82) is 0 Å². The SMILES string of the molecule is CC(C)(C)OC(=O)Nc1ccccc1NC(=O)c1ccc(-c2ccccn2)s1. The maximum Gasteiger partial charge on any atom is 0.412 e. The Kier molecular flexibility index (Phi) is 5.75. The van der Waals surface area contributed by atoms with Crippen LogP contribution in [-0.2, 0) is 4.74 Å². The summed E-state index contributed by atoms with van der Waals surface area (Å²) in [4.78, 5) is 30.5. The summed E-state index contributed by atoms with van der Waals surface area (Å²) in [6.07, 6.45) is 1.13. The first-order valence-electron chi connectivity index (χ1n) is 8.73. The lowest BCUT2D eigenvalue weighted by Crippen LogP contribution is -2.27. The number of rotatable bonds is 4. The average Bonchev–Trinajstić information content (AvgIpc) is 3.13. The van der Waals surface area contributed by atoms with Crippen molar-refractivity contribution in [2.75, 3.05) is 10.6 Å². The average molecular weight is 395 g/mol. The third kappa shape index (κ3) is 5.17. The van der Waals surface area contributed by atoms with Crippen LogP contribution in [0.25, 0.3) is 10.6 Å². The molecule has 0 aliphatic carbocycles. The molecule has 0 unspecified atom stereocenters. The third-order valence-corrected chi connectivity index (χ3v) is 4.66. The molecular formula is C21H21N3O3S. The minimum absolute atomic E-state index is 0.259. The maximum absolute atomic E-state index is 12.7. The van der Waals surface area contributed by atoms with Crippen molar-refractivity contribution >= 4 is 34.7 Å². The Morgan fingerprint density at radius 2 is 1.61 bits per heavy atom. The number of anilines is 2. The molecule has 0 aliphatic heterocycles. The first-order chi connectivity index (χ1) is 13.3. The molecule has 3 aromatic rings. The minimum Gasteiger partial charge on any atom is -0.444 e. The van der Waals surface area contributed by atoms with Gasteiger partial charge in [-0.1, -0.05) is 18.2 Å². The van der Waals surface area contributed by atoms with Crippen LogP contribution in [0.5, 0.6) is 0 Å². The molecule has 2 heterocycles. The highest BCUT2D eigenvalue weighted by Gasteiger charge is 2.18. The van der Waals surface area contributed by atoms with E-state index in [2.05, 4.69) is 15.6 Å². The molecule has 6 nitrogen and oxygen atoms in total. The van der Waals surface area contributed by atoms with Crippen LogP contribution >= 0.6 is 11.3 Å². The van der Waals surface area contributed by atoms with Crippen LogP contribution in [0.3, 0.4) is 0 Å². The van der Waals surface area contributed by atoms with Gasteiger partial charge in [-0.15, -0.1) is 11.3 Å². The molecule has 0 bridgehead atoms. The maximum atomic E-state index is 12.7. The lowest BCUT2D eigenvalue weighted by Gasteiger charge is -2.20. The van der Waals surface area contributed by atoms with Gasteiger partial charge in [0, 0.05) is 6.20 Å². The predicted molar refractivity (Wildman–Crippen MR) is 112 cm³/mol. The van der Waals surface area contributed by atoms with Crippen molar-refractivity contribution in [1.82, 2.24) is 4.98 Å². The molecule has 0 atom stereocenters. The first-order valence-corrected chi connectivity index (χ1v) is 9.55. The predicted octanol–water partition coefficient (Wildman–Crippen LogP) is 5.41. The van der Waals surface area contributed by atoms with Gasteiger partial charge in [0.05, 0.1) is 26.8 Å². The van der Waals surface area contributed by atoms with Crippen LogP contribution in [0.4, 0.5) is 16.2 Å². The normalized spacial score (nSPS) is 11.0. The summed E-state index contributed by atoms with van der Waals surface area (Å²) in [5, 5.41) is 5.51. The molecule has 0 aliphatic rings. The largest absolute Gasteiger partial charge is 0.444 e. The van der Waals surface area contributed by atoms with E-state index in [-0.39, 0.29) is 5.91 Å². The fourth-order valence-corrected chi connectivity index (χ4v) is 3.28. The van der Waals surface area contributed by atoms with Crippen molar-refractivity contribution in [3.05, 3.63) is 65.7 Å². The topological polar surface area (TPSA) is 80.3 Å². The zero-order valence-corrected chi connectivity index (χ0v) is 16.7. The summed E-state index contributed by atoms with van der Waals surface area (Å²) in [6, 6.07) is 16.2. The standard InChI is InChI=1S/C21H21N3O3S/c1-21(2,3)27-20(26)24-15-9-5-4-8-14(15)23-19(25)18-12-11-17(28-18)16-10-6-7-13-22-16/h4-13H,1-3H3,(H,23,25)(H,24,26). The number of benzene rings is 1. The van der Waals surface area contributed by atoms with Crippen LogP contribution in [-0.4, -0.2) is 22.6 Å². The van der Waals surface area contributed by atoms with Gasteiger partial charge in [-0.25, -0.2) is 4.79 Å². The van der Waals surface area contributed by atoms with Gasteiger partial charge in [0.25, 0.3) is 5.91 Å². The number of amides is 2. The Balaban J connectivity index is 1.73. The van der Waals surface area contributed by atoms with Gasteiger partial charge >= 0.3 is 6.09 Å². The molecule has 0 radical (unpaired) electrons. The number of para-hydroxylation sites is 2. The van der Waals surface area contributed by atoms with Gasteiger partial charge in [-0.2, -0.15) is 0 Å². The second kappa shape index (κ2) is 8.22. The molecule has 2 N–H and O–H groups in total. The van der Waals surface area contributed by atoms with E-state index in [1.165, 1.54) is 11.3 Å². The lowest BCUT2D eigenvalue weighted by molar-refractivity contribution is 0.0635. The molecule has 7 heteroatoms. The van der Waals surface area contributed by atoms with Gasteiger partial charge in [-0.3, -0.25) is 15.1 Å². The molecule has 144 valence electrons.